The highest BCUT2D eigenvalue weighted by molar-refractivity contribution is 5.94. The molecule has 1 heterocycles. The van der Waals surface area contributed by atoms with Gasteiger partial charge in [0.25, 0.3) is 5.91 Å². The maximum Gasteiger partial charge on any atom is 0.251 e. The van der Waals surface area contributed by atoms with Gasteiger partial charge in [-0.2, -0.15) is 5.26 Å². The number of ether oxygens (including phenoxy) is 1. The van der Waals surface area contributed by atoms with E-state index in [9.17, 15) is 4.79 Å². The van der Waals surface area contributed by atoms with E-state index in [4.69, 9.17) is 10.00 Å². The topological polar surface area (TPSA) is 62.1 Å². The van der Waals surface area contributed by atoms with Crippen LogP contribution in [0.15, 0.2) is 48.5 Å². The Bertz CT molecular complexity index is 694. The van der Waals surface area contributed by atoms with Gasteiger partial charge in [-0.25, -0.2) is 0 Å². The number of para-hydroxylation sites is 1. The Morgan fingerprint density at radius 3 is 2.95 bits per heavy atom. The SMILES string of the molecule is N#Cc1cccc(C(=O)NC[C@H]2Cc3ccccc3O2)c1. The minimum Gasteiger partial charge on any atom is -0.488 e. The van der Waals surface area contributed by atoms with Crippen LogP contribution in [-0.2, 0) is 6.42 Å². The van der Waals surface area contributed by atoms with E-state index in [-0.39, 0.29) is 12.0 Å². The molecule has 0 saturated carbocycles. The molecule has 1 aliphatic heterocycles. The monoisotopic (exact) mass is 278 g/mol. The Labute approximate surface area is 123 Å². The van der Waals surface area contributed by atoms with Crippen molar-refractivity contribution in [1.29, 1.82) is 5.26 Å². The first-order valence-electron chi connectivity index (χ1n) is 6.79. The van der Waals surface area contributed by atoms with Gasteiger partial charge in [0, 0.05) is 12.0 Å². The van der Waals surface area contributed by atoms with Gasteiger partial charge >= 0.3 is 0 Å². The van der Waals surface area contributed by atoms with Crippen LogP contribution in [0.1, 0.15) is 21.5 Å². The molecule has 1 atom stereocenters. The van der Waals surface area contributed by atoms with Crippen molar-refractivity contribution in [2.75, 3.05) is 6.54 Å². The van der Waals surface area contributed by atoms with E-state index in [0.29, 0.717) is 17.7 Å². The van der Waals surface area contributed by atoms with Gasteiger partial charge in [0.2, 0.25) is 0 Å². The third-order valence-corrected chi connectivity index (χ3v) is 3.46. The van der Waals surface area contributed by atoms with Crippen LogP contribution < -0.4 is 10.1 Å². The number of rotatable bonds is 3. The van der Waals surface area contributed by atoms with E-state index in [1.54, 1.807) is 24.3 Å². The van der Waals surface area contributed by atoms with Gasteiger partial charge < -0.3 is 10.1 Å². The fourth-order valence-corrected chi connectivity index (χ4v) is 2.41. The van der Waals surface area contributed by atoms with Crippen molar-refractivity contribution < 1.29 is 9.53 Å². The first kappa shape index (κ1) is 13.2. The molecule has 4 nitrogen and oxygen atoms in total. The highest BCUT2D eigenvalue weighted by atomic mass is 16.5. The predicted octanol–water partition coefficient (Wildman–Crippen LogP) is 2.29. The van der Waals surface area contributed by atoms with Crippen LogP contribution in [-0.4, -0.2) is 18.6 Å². The molecule has 1 N–H and O–H groups in total. The van der Waals surface area contributed by atoms with Gasteiger partial charge in [0.1, 0.15) is 11.9 Å². The smallest absolute Gasteiger partial charge is 0.251 e. The lowest BCUT2D eigenvalue weighted by molar-refractivity contribution is 0.0933. The lowest BCUT2D eigenvalue weighted by Crippen LogP contribution is -2.34. The van der Waals surface area contributed by atoms with Crippen LogP contribution in [0.25, 0.3) is 0 Å². The number of hydrogen-bond acceptors (Lipinski definition) is 3. The van der Waals surface area contributed by atoms with E-state index >= 15 is 0 Å². The number of carbonyl (C=O) groups is 1. The molecule has 0 aromatic heterocycles. The van der Waals surface area contributed by atoms with Gasteiger partial charge in [-0.3, -0.25) is 4.79 Å². The second-order valence-corrected chi connectivity index (χ2v) is 4.95. The summed E-state index contributed by atoms with van der Waals surface area (Å²) < 4.78 is 5.77. The summed E-state index contributed by atoms with van der Waals surface area (Å²) in [5.74, 6) is 0.704. The molecule has 1 aliphatic rings. The number of fused-ring (bicyclic) bond motifs is 1. The summed E-state index contributed by atoms with van der Waals surface area (Å²) in [5.41, 5.74) is 2.14. The molecule has 0 radical (unpaired) electrons. The molecule has 0 fully saturated rings. The molecule has 2 aromatic carbocycles. The van der Waals surface area contributed by atoms with Crippen molar-refractivity contribution in [2.45, 2.75) is 12.5 Å². The molecule has 0 aliphatic carbocycles. The lowest BCUT2D eigenvalue weighted by atomic mass is 10.1. The lowest BCUT2D eigenvalue weighted by Gasteiger charge is -2.12. The molecule has 104 valence electrons. The Morgan fingerprint density at radius 2 is 2.14 bits per heavy atom. The molecular weight excluding hydrogens is 264 g/mol. The Balaban J connectivity index is 1.59. The fraction of sp³-hybridized carbons (Fsp3) is 0.176. The predicted molar refractivity (Wildman–Crippen MR) is 78.1 cm³/mol. The summed E-state index contributed by atoms with van der Waals surface area (Å²) in [5, 5.41) is 11.7. The molecule has 0 unspecified atom stereocenters. The number of amides is 1. The third-order valence-electron chi connectivity index (χ3n) is 3.46. The second-order valence-electron chi connectivity index (χ2n) is 4.95. The standard InChI is InChI=1S/C17H14N2O2/c18-10-12-4-3-6-14(8-12)17(20)19-11-15-9-13-5-1-2-7-16(13)21-15/h1-8,15H,9,11H2,(H,19,20)/t15-/m1/s1. The molecule has 0 bridgehead atoms. The molecule has 4 heteroatoms. The average molecular weight is 278 g/mol. The number of hydrogen-bond donors (Lipinski definition) is 1. The van der Waals surface area contributed by atoms with Crippen LogP contribution in [0.4, 0.5) is 0 Å². The van der Waals surface area contributed by atoms with Crippen molar-refractivity contribution in [3.05, 3.63) is 65.2 Å². The molecule has 21 heavy (non-hydrogen) atoms. The Hall–Kier alpha value is -2.80. The summed E-state index contributed by atoms with van der Waals surface area (Å²) in [6.07, 6.45) is 0.764. The summed E-state index contributed by atoms with van der Waals surface area (Å²) in [4.78, 5) is 12.1. The minimum absolute atomic E-state index is 0.0366. The quantitative estimate of drug-likeness (QED) is 0.937. The number of benzene rings is 2. The molecular formula is C17H14N2O2. The number of nitriles is 1. The molecule has 1 amide bonds. The second kappa shape index (κ2) is 5.68. The van der Waals surface area contributed by atoms with Crippen LogP contribution in [0.5, 0.6) is 5.75 Å². The maximum absolute atomic E-state index is 12.1. The van der Waals surface area contributed by atoms with Gasteiger partial charge in [0.05, 0.1) is 18.2 Å². The zero-order valence-corrected chi connectivity index (χ0v) is 11.4. The fourth-order valence-electron chi connectivity index (χ4n) is 2.41. The minimum atomic E-state index is -0.188. The van der Waals surface area contributed by atoms with Crippen LogP contribution in [0.2, 0.25) is 0 Å². The summed E-state index contributed by atoms with van der Waals surface area (Å²) in [6, 6.07) is 16.6. The zero-order chi connectivity index (χ0) is 14.7. The molecule has 3 rings (SSSR count). The zero-order valence-electron chi connectivity index (χ0n) is 11.4. The van der Waals surface area contributed by atoms with E-state index in [1.165, 1.54) is 5.56 Å². The largest absolute Gasteiger partial charge is 0.488 e. The Morgan fingerprint density at radius 1 is 1.29 bits per heavy atom. The summed E-state index contributed by atoms with van der Waals surface area (Å²) in [7, 11) is 0. The van der Waals surface area contributed by atoms with Crippen molar-refractivity contribution >= 4 is 5.91 Å². The van der Waals surface area contributed by atoms with Crippen molar-refractivity contribution in [3.8, 4) is 11.8 Å². The van der Waals surface area contributed by atoms with E-state index in [1.807, 2.05) is 30.3 Å². The summed E-state index contributed by atoms with van der Waals surface area (Å²) in [6.45, 7) is 0.449. The van der Waals surface area contributed by atoms with Gasteiger partial charge in [-0.05, 0) is 29.8 Å². The molecule has 2 aromatic rings. The third kappa shape index (κ3) is 2.87. The molecule has 0 saturated heterocycles. The van der Waals surface area contributed by atoms with E-state index in [0.717, 1.165) is 12.2 Å². The highest BCUT2D eigenvalue weighted by Crippen LogP contribution is 2.27. The molecule has 0 spiro atoms. The highest BCUT2D eigenvalue weighted by Gasteiger charge is 2.22. The normalized spacial score (nSPS) is 15.7. The number of carbonyl (C=O) groups excluding carboxylic acids is 1. The van der Waals surface area contributed by atoms with Crippen LogP contribution >= 0.6 is 0 Å². The van der Waals surface area contributed by atoms with Crippen molar-refractivity contribution in [1.82, 2.24) is 5.32 Å². The van der Waals surface area contributed by atoms with Gasteiger partial charge in [0.15, 0.2) is 0 Å². The van der Waals surface area contributed by atoms with Gasteiger partial charge in [-0.15, -0.1) is 0 Å². The summed E-state index contributed by atoms with van der Waals surface area (Å²) >= 11 is 0. The van der Waals surface area contributed by atoms with Crippen LogP contribution in [0.3, 0.4) is 0 Å². The first-order valence-corrected chi connectivity index (χ1v) is 6.79. The average Bonchev–Trinajstić information content (AvgIpc) is 2.95. The first-order chi connectivity index (χ1) is 10.3. The van der Waals surface area contributed by atoms with Crippen molar-refractivity contribution in [3.63, 3.8) is 0 Å². The number of nitrogens with one attached hydrogen (secondary N) is 1. The van der Waals surface area contributed by atoms with Gasteiger partial charge in [-0.1, -0.05) is 24.3 Å². The number of nitrogens with zero attached hydrogens (tertiary/aromatic N) is 1. The maximum atomic E-state index is 12.1. The van der Waals surface area contributed by atoms with Crippen molar-refractivity contribution in [2.24, 2.45) is 0 Å². The van der Waals surface area contributed by atoms with E-state index in [2.05, 4.69) is 5.32 Å². The van der Waals surface area contributed by atoms with E-state index < -0.39 is 0 Å². The van der Waals surface area contributed by atoms with Crippen LogP contribution in [0, 0.1) is 11.3 Å². The Kier molecular flexibility index (Phi) is 3.57.